The van der Waals surface area contributed by atoms with E-state index in [1.807, 2.05) is 0 Å². The van der Waals surface area contributed by atoms with Crippen molar-refractivity contribution in [2.75, 3.05) is 0 Å². The topological polar surface area (TPSA) is 26.3 Å². The number of hydrogen-bond acceptors (Lipinski definition) is 2. The van der Waals surface area contributed by atoms with Crippen molar-refractivity contribution in [3.05, 3.63) is 11.8 Å². The minimum atomic E-state index is -0.203. The van der Waals surface area contributed by atoms with Crippen molar-refractivity contribution in [2.45, 2.75) is 47.0 Å². The summed E-state index contributed by atoms with van der Waals surface area (Å²) in [6, 6.07) is 0. The molecule has 0 N–H and O–H groups in total. The van der Waals surface area contributed by atoms with Crippen molar-refractivity contribution in [1.82, 2.24) is 0 Å². The van der Waals surface area contributed by atoms with Crippen molar-refractivity contribution in [1.29, 1.82) is 0 Å². The molecule has 0 aromatic carbocycles. The van der Waals surface area contributed by atoms with Crippen molar-refractivity contribution >= 4 is 5.97 Å². The van der Waals surface area contributed by atoms with E-state index in [-0.39, 0.29) is 5.97 Å². The van der Waals surface area contributed by atoms with E-state index >= 15 is 0 Å². The van der Waals surface area contributed by atoms with Crippen molar-refractivity contribution in [3.63, 3.8) is 0 Å². The number of esters is 1. The van der Waals surface area contributed by atoms with Crippen LogP contribution in [0.15, 0.2) is 11.8 Å². The summed E-state index contributed by atoms with van der Waals surface area (Å²) in [5.41, 5.74) is 0.359. The Hall–Kier alpha value is -0.790. The number of hydrogen-bond donors (Lipinski definition) is 0. The minimum Gasteiger partial charge on any atom is -0.432 e. The normalized spacial score (nSPS) is 22.9. The Morgan fingerprint density at radius 1 is 1.50 bits per heavy atom. The lowest BCUT2D eigenvalue weighted by Gasteiger charge is -2.32. The summed E-state index contributed by atoms with van der Waals surface area (Å²) in [7, 11) is 0. The first-order valence-corrected chi connectivity index (χ1v) is 5.27. The summed E-state index contributed by atoms with van der Waals surface area (Å²) < 4.78 is 5.07. The molecular formula is C12H20O2. The molecule has 0 aromatic rings. The molecule has 2 heteroatoms. The van der Waals surface area contributed by atoms with Crippen LogP contribution in [0.2, 0.25) is 0 Å². The molecule has 1 aliphatic carbocycles. The molecule has 80 valence electrons. The summed E-state index contributed by atoms with van der Waals surface area (Å²) in [5, 5.41) is 0. The van der Waals surface area contributed by atoms with Crippen LogP contribution in [0.1, 0.15) is 47.0 Å². The highest BCUT2D eigenvalue weighted by atomic mass is 16.5. The largest absolute Gasteiger partial charge is 0.432 e. The van der Waals surface area contributed by atoms with Crippen LogP contribution in [0.25, 0.3) is 0 Å². The maximum atomic E-state index is 10.7. The quantitative estimate of drug-likeness (QED) is 0.601. The summed E-state index contributed by atoms with van der Waals surface area (Å²) in [5.74, 6) is 1.37. The van der Waals surface area contributed by atoms with Crippen LogP contribution in [-0.2, 0) is 9.53 Å². The van der Waals surface area contributed by atoms with E-state index in [0.717, 1.165) is 25.0 Å². The van der Waals surface area contributed by atoms with Gasteiger partial charge in [-0.1, -0.05) is 20.8 Å². The first kappa shape index (κ1) is 11.3. The van der Waals surface area contributed by atoms with Gasteiger partial charge in [-0.2, -0.15) is 0 Å². The number of carbonyl (C=O) groups excluding carboxylic acids is 1. The Bertz CT molecular complexity index is 246. The van der Waals surface area contributed by atoms with Crippen LogP contribution < -0.4 is 0 Å². The molecule has 0 saturated carbocycles. The highest BCUT2D eigenvalue weighted by Crippen LogP contribution is 2.37. The first-order valence-electron chi connectivity index (χ1n) is 5.27. The van der Waals surface area contributed by atoms with Gasteiger partial charge in [0.15, 0.2) is 0 Å². The Labute approximate surface area is 86.3 Å². The standard InChI is InChI=1S/C12H20O2/c1-9(13)14-11-7-5-10(6-8-11)12(2,3)4/h7,10H,5-6,8H2,1-4H3/t10-/m1/s1. The highest BCUT2D eigenvalue weighted by molar-refractivity contribution is 5.67. The molecule has 0 heterocycles. The molecule has 0 aliphatic heterocycles. The molecule has 0 amide bonds. The molecule has 0 bridgehead atoms. The lowest BCUT2D eigenvalue weighted by Crippen LogP contribution is -2.22. The fourth-order valence-electron chi connectivity index (χ4n) is 1.87. The molecule has 0 saturated heterocycles. The van der Waals surface area contributed by atoms with Crippen LogP contribution >= 0.6 is 0 Å². The molecule has 1 aliphatic rings. The second-order valence-corrected chi connectivity index (χ2v) is 5.10. The summed E-state index contributed by atoms with van der Waals surface area (Å²) in [4.78, 5) is 10.7. The van der Waals surface area contributed by atoms with Gasteiger partial charge in [0.05, 0.1) is 0 Å². The first-order chi connectivity index (χ1) is 6.39. The second kappa shape index (κ2) is 4.16. The molecule has 1 rings (SSSR count). The number of allylic oxidation sites excluding steroid dienone is 2. The van der Waals surface area contributed by atoms with Gasteiger partial charge in [0.25, 0.3) is 0 Å². The average molecular weight is 196 g/mol. The van der Waals surface area contributed by atoms with Gasteiger partial charge >= 0.3 is 5.97 Å². The lowest BCUT2D eigenvalue weighted by molar-refractivity contribution is -0.137. The highest BCUT2D eigenvalue weighted by Gasteiger charge is 2.26. The van der Waals surface area contributed by atoms with E-state index in [1.54, 1.807) is 0 Å². The molecule has 2 nitrogen and oxygen atoms in total. The molecular weight excluding hydrogens is 176 g/mol. The van der Waals surface area contributed by atoms with Gasteiger partial charge in [0.2, 0.25) is 0 Å². The predicted molar refractivity (Wildman–Crippen MR) is 56.6 cm³/mol. The van der Waals surface area contributed by atoms with Gasteiger partial charge in [-0.3, -0.25) is 4.79 Å². The van der Waals surface area contributed by atoms with Crippen molar-refractivity contribution in [3.8, 4) is 0 Å². The molecule has 14 heavy (non-hydrogen) atoms. The Balaban J connectivity index is 2.51. The number of ether oxygens (including phenoxy) is 1. The van der Waals surface area contributed by atoms with Crippen LogP contribution in [0, 0.1) is 11.3 Å². The van der Waals surface area contributed by atoms with E-state index < -0.39 is 0 Å². The van der Waals surface area contributed by atoms with Gasteiger partial charge in [0.1, 0.15) is 5.76 Å². The molecule has 0 unspecified atom stereocenters. The summed E-state index contributed by atoms with van der Waals surface area (Å²) >= 11 is 0. The van der Waals surface area contributed by atoms with E-state index in [9.17, 15) is 4.79 Å². The summed E-state index contributed by atoms with van der Waals surface area (Å²) in [6.07, 6.45) is 5.14. The van der Waals surface area contributed by atoms with Crippen LogP contribution in [0.4, 0.5) is 0 Å². The molecule has 0 radical (unpaired) electrons. The fraction of sp³-hybridized carbons (Fsp3) is 0.750. The van der Waals surface area contributed by atoms with Crippen LogP contribution in [0.5, 0.6) is 0 Å². The zero-order valence-electron chi connectivity index (χ0n) is 9.59. The SMILES string of the molecule is CC(=O)OC1=CC[C@@H](C(C)(C)C)CC1. The van der Waals surface area contributed by atoms with Gasteiger partial charge in [-0.15, -0.1) is 0 Å². The van der Waals surface area contributed by atoms with Crippen molar-refractivity contribution in [2.24, 2.45) is 11.3 Å². The molecule has 1 atom stereocenters. The van der Waals surface area contributed by atoms with Crippen LogP contribution in [-0.4, -0.2) is 5.97 Å². The molecule has 0 spiro atoms. The Morgan fingerprint density at radius 3 is 2.50 bits per heavy atom. The zero-order chi connectivity index (χ0) is 10.8. The maximum Gasteiger partial charge on any atom is 0.307 e. The molecule has 0 fully saturated rings. The molecule has 0 aromatic heterocycles. The lowest BCUT2D eigenvalue weighted by atomic mass is 9.74. The fourth-order valence-corrected chi connectivity index (χ4v) is 1.87. The van der Waals surface area contributed by atoms with Gasteiger partial charge in [-0.25, -0.2) is 0 Å². The monoisotopic (exact) mass is 196 g/mol. The Morgan fingerprint density at radius 2 is 2.14 bits per heavy atom. The zero-order valence-corrected chi connectivity index (χ0v) is 9.59. The number of carbonyl (C=O) groups is 1. The second-order valence-electron chi connectivity index (χ2n) is 5.10. The summed E-state index contributed by atoms with van der Waals surface area (Å²) in [6.45, 7) is 8.25. The van der Waals surface area contributed by atoms with E-state index in [2.05, 4.69) is 26.8 Å². The predicted octanol–water partition coefficient (Wildman–Crippen LogP) is 3.28. The number of rotatable bonds is 1. The van der Waals surface area contributed by atoms with Crippen molar-refractivity contribution < 1.29 is 9.53 Å². The van der Waals surface area contributed by atoms with Crippen LogP contribution in [0.3, 0.4) is 0 Å². The van der Waals surface area contributed by atoms with E-state index in [1.165, 1.54) is 6.92 Å². The van der Waals surface area contributed by atoms with E-state index in [4.69, 9.17) is 4.74 Å². The maximum absolute atomic E-state index is 10.7. The smallest absolute Gasteiger partial charge is 0.307 e. The van der Waals surface area contributed by atoms with E-state index in [0.29, 0.717) is 11.3 Å². The third-order valence-corrected chi connectivity index (χ3v) is 2.87. The van der Waals surface area contributed by atoms with Gasteiger partial charge in [-0.05, 0) is 30.3 Å². The van der Waals surface area contributed by atoms with Gasteiger partial charge in [0, 0.05) is 13.3 Å². The third-order valence-electron chi connectivity index (χ3n) is 2.87. The Kier molecular flexibility index (Phi) is 3.35. The third kappa shape index (κ3) is 3.17. The average Bonchev–Trinajstić information content (AvgIpc) is 2.02. The van der Waals surface area contributed by atoms with Gasteiger partial charge < -0.3 is 4.74 Å². The minimum absolute atomic E-state index is 0.203.